The second-order valence-corrected chi connectivity index (χ2v) is 6.53. The molecule has 0 saturated carbocycles. The molecule has 0 aliphatic rings. The number of aryl methyl sites for hydroxylation is 1. The van der Waals surface area contributed by atoms with Crippen molar-refractivity contribution in [2.24, 2.45) is 0 Å². The van der Waals surface area contributed by atoms with Crippen molar-refractivity contribution in [2.75, 3.05) is 17.6 Å². The zero-order valence-corrected chi connectivity index (χ0v) is 14.3. The highest BCUT2D eigenvalue weighted by molar-refractivity contribution is 7.99. The van der Waals surface area contributed by atoms with Crippen LogP contribution in [0.1, 0.15) is 5.89 Å². The van der Waals surface area contributed by atoms with Crippen molar-refractivity contribution in [1.29, 1.82) is 0 Å². The van der Waals surface area contributed by atoms with Crippen LogP contribution in [0.2, 0.25) is 0 Å². The van der Waals surface area contributed by atoms with E-state index in [2.05, 4.69) is 27.8 Å². The number of anilines is 1. The first-order valence-electron chi connectivity index (χ1n) is 7.30. The molecule has 0 amide bonds. The van der Waals surface area contributed by atoms with Crippen LogP contribution in [0.15, 0.2) is 57.8 Å². The van der Waals surface area contributed by atoms with Gasteiger partial charge in [-0.2, -0.15) is 0 Å². The van der Waals surface area contributed by atoms with Gasteiger partial charge in [-0.1, -0.05) is 18.2 Å². The van der Waals surface area contributed by atoms with E-state index in [1.165, 1.54) is 4.90 Å². The molecule has 4 nitrogen and oxygen atoms in total. The molecule has 118 valence electrons. The summed E-state index contributed by atoms with van der Waals surface area (Å²) in [6.45, 7) is 2.64. The molecule has 0 radical (unpaired) electrons. The molecule has 3 rings (SSSR count). The Morgan fingerprint density at radius 3 is 2.87 bits per heavy atom. The molecule has 1 aromatic heterocycles. The first-order valence-corrected chi connectivity index (χ1v) is 8.70. The smallest absolute Gasteiger partial charge is 0.192 e. The molecule has 23 heavy (non-hydrogen) atoms. The lowest BCUT2D eigenvalue weighted by Crippen LogP contribution is -2.30. The number of benzene rings is 2. The number of oxazole rings is 1. The standard InChI is InChI=1S/C17H17N3OS2/c1-12-19-15-11-13(7-8-16(15)21-12)20-17(22)18-9-10-23-14-5-3-2-4-6-14/h2-8,11H,9-10H2,1H3,(H2,18,20,22). The van der Waals surface area contributed by atoms with Crippen LogP contribution in [0.3, 0.4) is 0 Å². The summed E-state index contributed by atoms with van der Waals surface area (Å²) in [5, 5.41) is 6.99. The van der Waals surface area contributed by atoms with E-state index in [0.717, 1.165) is 29.1 Å². The third-order valence-corrected chi connectivity index (χ3v) is 4.41. The third kappa shape index (κ3) is 4.46. The van der Waals surface area contributed by atoms with Gasteiger partial charge in [-0.15, -0.1) is 11.8 Å². The Kier molecular flexibility index (Phi) is 5.15. The maximum Gasteiger partial charge on any atom is 0.192 e. The van der Waals surface area contributed by atoms with Gasteiger partial charge in [0.1, 0.15) is 5.52 Å². The summed E-state index contributed by atoms with van der Waals surface area (Å²) in [6, 6.07) is 16.1. The predicted octanol–water partition coefficient (Wildman–Crippen LogP) is 4.21. The van der Waals surface area contributed by atoms with E-state index in [4.69, 9.17) is 16.6 Å². The van der Waals surface area contributed by atoms with Gasteiger partial charge in [0.2, 0.25) is 0 Å². The number of nitrogens with zero attached hydrogens (tertiary/aromatic N) is 1. The number of hydrogen-bond acceptors (Lipinski definition) is 4. The van der Waals surface area contributed by atoms with Crippen molar-refractivity contribution in [3.63, 3.8) is 0 Å². The van der Waals surface area contributed by atoms with Gasteiger partial charge in [0.25, 0.3) is 0 Å². The molecule has 3 aromatic rings. The highest BCUT2D eigenvalue weighted by Gasteiger charge is 2.04. The maximum absolute atomic E-state index is 5.46. The Morgan fingerprint density at radius 2 is 2.04 bits per heavy atom. The second kappa shape index (κ2) is 7.48. The van der Waals surface area contributed by atoms with E-state index in [9.17, 15) is 0 Å². The van der Waals surface area contributed by atoms with Crippen LogP contribution >= 0.6 is 24.0 Å². The average Bonchev–Trinajstić information content (AvgIpc) is 2.92. The summed E-state index contributed by atoms with van der Waals surface area (Å²) in [5.74, 6) is 1.61. The predicted molar refractivity (Wildman–Crippen MR) is 100 cm³/mol. The fourth-order valence-corrected chi connectivity index (χ4v) is 3.16. The van der Waals surface area contributed by atoms with Gasteiger partial charge in [0.15, 0.2) is 16.6 Å². The van der Waals surface area contributed by atoms with Crippen LogP contribution in [0.25, 0.3) is 11.1 Å². The normalized spacial score (nSPS) is 10.7. The van der Waals surface area contributed by atoms with Crippen molar-refractivity contribution in [1.82, 2.24) is 10.3 Å². The van der Waals surface area contributed by atoms with E-state index in [0.29, 0.717) is 11.0 Å². The Labute approximate surface area is 144 Å². The minimum Gasteiger partial charge on any atom is -0.441 e. The lowest BCUT2D eigenvalue weighted by Gasteiger charge is -2.10. The minimum atomic E-state index is 0.609. The van der Waals surface area contributed by atoms with Crippen LogP contribution in [0.5, 0.6) is 0 Å². The molecule has 0 spiro atoms. The highest BCUT2D eigenvalue weighted by Crippen LogP contribution is 2.19. The molecule has 2 aromatic carbocycles. The molecular formula is C17H17N3OS2. The number of hydrogen-bond donors (Lipinski definition) is 2. The van der Waals surface area contributed by atoms with Crippen LogP contribution in [-0.4, -0.2) is 22.4 Å². The zero-order valence-electron chi connectivity index (χ0n) is 12.7. The molecule has 0 saturated heterocycles. The number of rotatable bonds is 5. The molecule has 0 aliphatic heterocycles. The Morgan fingerprint density at radius 1 is 1.22 bits per heavy atom. The van der Waals surface area contributed by atoms with Crippen LogP contribution in [0.4, 0.5) is 5.69 Å². The summed E-state index contributed by atoms with van der Waals surface area (Å²) in [4.78, 5) is 5.58. The lowest BCUT2D eigenvalue weighted by atomic mass is 10.3. The maximum atomic E-state index is 5.46. The molecule has 1 heterocycles. The van der Waals surface area contributed by atoms with Crippen molar-refractivity contribution >= 4 is 45.9 Å². The first-order chi connectivity index (χ1) is 11.2. The SMILES string of the molecule is Cc1nc2cc(NC(=S)NCCSc3ccccc3)ccc2o1. The lowest BCUT2D eigenvalue weighted by molar-refractivity contribution is 0.561. The largest absolute Gasteiger partial charge is 0.441 e. The van der Waals surface area contributed by atoms with Gasteiger partial charge in [-0.25, -0.2) is 4.98 Å². The fourth-order valence-electron chi connectivity index (χ4n) is 2.15. The topological polar surface area (TPSA) is 50.1 Å². The average molecular weight is 343 g/mol. The summed E-state index contributed by atoms with van der Waals surface area (Å²) in [6.07, 6.45) is 0. The van der Waals surface area contributed by atoms with Gasteiger partial charge in [0.05, 0.1) is 0 Å². The molecule has 0 fully saturated rings. The summed E-state index contributed by atoms with van der Waals surface area (Å²) in [5.41, 5.74) is 2.51. The minimum absolute atomic E-state index is 0.609. The highest BCUT2D eigenvalue weighted by atomic mass is 32.2. The summed E-state index contributed by atoms with van der Waals surface area (Å²) >= 11 is 7.12. The first kappa shape index (κ1) is 15.8. The molecule has 6 heteroatoms. The molecular weight excluding hydrogens is 326 g/mol. The van der Waals surface area contributed by atoms with Crippen molar-refractivity contribution in [3.8, 4) is 0 Å². The quantitative estimate of drug-likeness (QED) is 0.411. The van der Waals surface area contributed by atoms with E-state index in [-0.39, 0.29) is 0 Å². The third-order valence-electron chi connectivity index (χ3n) is 3.15. The monoisotopic (exact) mass is 343 g/mol. The van der Waals surface area contributed by atoms with Crippen LogP contribution in [-0.2, 0) is 0 Å². The van der Waals surface area contributed by atoms with Crippen molar-refractivity contribution < 1.29 is 4.42 Å². The molecule has 0 bridgehead atoms. The van der Waals surface area contributed by atoms with Gasteiger partial charge in [-0.3, -0.25) is 0 Å². The fraction of sp³-hybridized carbons (Fsp3) is 0.176. The molecule has 2 N–H and O–H groups in total. The number of thioether (sulfide) groups is 1. The van der Waals surface area contributed by atoms with Crippen LogP contribution in [0, 0.1) is 6.92 Å². The Hall–Kier alpha value is -2.05. The van der Waals surface area contributed by atoms with E-state index in [1.807, 2.05) is 43.3 Å². The van der Waals surface area contributed by atoms with E-state index in [1.54, 1.807) is 11.8 Å². The van der Waals surface area contributed by atoms with Gasteiger partial charge in [-0.05, 0) is 42.5 Å². The Bertz CT molecular complexity index is 802. The van der Waals surface area contributed by atoms with Gasteiger partial charge in [0, 0.05) is 29.8 Å². The molecule has 0 atom stereocenters. The Balaban J connectivity index is 1.46. The molecule has 0 aliphatic carbocycles. The number of nitrogens with one attached hydrogen (secondary N) is 2. The van der Waals surface area contributed by atoms with Crippen LogP contribution < -0.4 is 10.6 Å². The van der Waals surface area contributed by atoms with Crippen molar-refractivity contribution in [3.05, 3.63) is 54.4 Å². The molecule has 0 unspecified atom stereocenters. The number of fused-ring (bicyclic) bond motifs is 1. The zero-order chi connectivity index (χ0) is 16.1. The van der Waals surface area contributed by atoms with Gasteiger partial charge >= 0.3 is 0 Å². The number of aromatic nitrogens is 1. The second-order valence-electron chi connectivity index (χ2n) is 4.96. The van der Waals surface area contributed by atoms with Crippen molar-refractivity contribution in [2.45, 2.75) is 11.8 Å². The van der Waals surface area contributed by atoms with E-state index < -0.39 is 0 Å². The van der Waals surface area contributed by atoms with E-state index >= 15 is 0 Å². The number of thiocarbonyl (C=S) groups is 1. The van der Waals surface area contributed by atoms with Gasteiger partial charge < -0.3 is 15.1 Å². The summed E-state index contributed by atoms with van der Waals surface area (Å²) in [7, 11) is 0. The summed E-state index contributed by atoms with van der Waals surface area (Å²) < 4.78 is 5.46.